The van der Waals surface area contributed by atoms with Crippen LogP contribution in [-0.4, -0.2) is 38.7 Å². The summed E-state index contributed by atoms with van der Waals surface area (Å²) in [6, 6.07) is 0. The molecule has 1 aliphatic rings. The van der Waals surface area contributed by atoms with E-state index in [1.54, 1.807) is 0 Å². The minimum Gasteiger partial charge on any atom is -0.481 e. The summed E-state index contributed by atoms with van der Waals surface area (Å²) in [6.07, 6.45) is 1.39. The van der Waals surface area contributed by atoms with E-state index < -0.39 is 11.9 Å². The van der Waals surface area contributed by atoms with Gasteiger partial charge in [0.1, 0.15) is 4.60 Å². The number of carboxylic acids is 1. The van der Waals surface area contributed by atoms with Crippen LogP contribution in [0.4, 0.5) is 5.95 Å². The fourth-order valence-corrected chi connectivity index (χ4v) is 1.63. The molecule has 0 aromatic carbocycles. The number of aliphatic carboxylic acids is 1. The minimum atomic E-state index is -0.985. The van der Waals surface area contributed by atoms with Crippen molar-refractivity contribution >= 4 is 33.8 Å². The van der Waals surface area contributed by atoms with Crippen molar-refractivity contribution in [3.63, 3.8) is 0 Å². The Bertz CT molecular complexity index is 435. The Morgan fingerprint density at radius 3 is 2.81 bits per heavy atom. The van der Waals surface area contributed by atoms with Gasteiger partial charge in [-0.1, -0.05) is 0 Å². The molecule has 84 valence electrons. The molecule has 0 saturated carbocycles. The summed E-state index contributed by atoms with van der Waals surface area (Å²) in [5, 5.41) is 16.2. The van der Waals surface area contributed by atoms with Gasteiger partial charge in [0.15, 0.2) is 0 Å². The molecular formula is C8H7BrN4O3. The lowest BCUT2D eigenvalue weighted by Crippen LogP contribution is -2.27. The van der Waals surface area contributed by atoms with E-state index in [1.807, 2.05) is 0 Å². The van der Waals surface area contributed by atoms with Crippen molar-refractivity contribution in [2.75, 3.05) is 11.4 Å². The lowest BCUT2D eigenvalue weighted by molar-refractivity contribution is -0.141. The number of carbonyl (C=O) groups excluding carboxylic acids is 1. The Hall–Kier alpha value is -1.57. The van der Waals surface area contributed by atoms with Gasteiger partial charge >= 0.3 is 5.97 Å². The average Bonchev–Trinajstić information content (AvgIpc) is 2.62. The van der Waals surface area contributed by atoms with Gasteiger partial charge in [0.05, 0.1) is 12.1 Å². The largest absolute Gasteiger partial charge is 0.481 e. The molecule has 8 heteroatoms. The van der Waals surface area contributed by atoms with Crippen molar-refractivity contribution in [2.24, 2.45) is 5.92 Å². The molecule has 1 amide bonds. The van der Waals surface area contributed by atoms with E-state index in [0.29, 0.717) is 4.60 Å². The molecular weight excluding hydrogens is 280 g/mol. The molecule has 2 rings (SSSR count). The van der Waals surface area contributed by atoms with Gasteiger partial charge in [-0.3, -0.25) is 14.5 Å². The van der Waals surface area contributed by atoms with Crippen LogP contribution in [0, 0.1) is 5.92 Å². The number of rotatable bonds is 2. The molecule has 1 N–H and O–H groups in total. The van der Waals surface area contributed by atoms with Crippen LogP contribution < -0.4 is 4.90 Å². The van der Waals surface area contributed by atoms with E-state index in [-0.39, 0.29) is 24.8 Å². The van der Waals surface area contributed by atoms with Gasteiger partial charge in [-0.05, 0) is 15.9 Å². The quantitative estimate of drug-likeness (QED) is 0.827. The Kier molecular flexibility index (Phi) is 2.82. The second kappa shape index (κ2) is 4.12. The maximum absolute atomic E-state index is 11.5. The lowest BCUT2D eigenvalue weighted by atomic mass is 10.1. The van der Waals surface area contributed by atoms with Crippen molar-refractivity contribution in [3.8, 4) is 0 Å². The van der Waals surface area contributed by atoms with Crippen LogP contribution in [0.2, 0.25) is 0 Å². The van der Waals surface area contributed by atoms with Crippen molar-refractivity contribution in [1.82, 2.24) is 15.2 Å². The monoisotopic (exact) mass is 286 g/mol. The Labute approximate surface area is 98.6 Å². The second-order valence-electron chi connectivity index (χ2n) is 3.32. The molecule has 1 fully saturated rings. The van der Waals surface area contributed by atoms with Crippen molar-refractivity contribution in [1.29, 1.82) is 0 Å². The van der Waals surface area contributed by atoms with Crippen LogP contribution in [0.5, 0.6) is 0 Å². The number of hydrogen-bond acceptors (Lipinski definition) is 5. The standard InChI is InChI=1S/C8H7BrN4O3/c9-5-2-10-8(12-11-5)13-3-4(7(15)16)1-6(13)14/h2,4H,1,3H2,(H,15,16). The summed E-state index contributed by atoms with van der Waals surface area (Å²) in [7, 11) is 0. The maximum Gasteiger partial charge on any atom is 0.308 e. The number of carboxylic acid groups (broad SMARTS) is 1. The molecule has 16 heavy (non-hydrogen) atoms. The maximum atomic E-state index is 11.5. The van der Waals surface area contributed by atoms with Crippen LogP contribution in [0.1, 0.15) is 6.42 Å². The third-order valence-electron chi connectivity index (χ3n) is 2.24. The Morgan fingerprint density at radius 1 is 1.56 bits per heavy atom. The van der Waals surface area contributed by atoms with Crippen LogP contribution in [0.25, 0.3) is 0 Å². The van der Waals surface area contributed by atoms with E-state index in [0.717, 1.165) is 0 Å². The fourth-order valence-electron chi connectivity index (χ4n) is 1.45. The summed E-state index contributed by atoms with van der Waals surface area (Å²) in [5.41, 5.74) is 0. The Morgan fingerprint density at radius 2 is 2.31 bits per heavy atom. The molecule has 1 saturated heterocycles. The molecule has 1 aromatic heterocycles. The van der Waals surface area contributed by atoms with E-state index in [1.165, 1.54) is 11.1 Å². The normalized spacial score (nSPS) is 20.2. The number of hydrogen-bond donors (Lipinski definition) is 1. The molecule has 0 radical (unpaired) electrons. The zero-order valence-electron chi connectivity index (χ0n) is 8.00. The first-order chi connectivity index (χ1) is 7.58. The number of halogens is 1. The summed E-state index contributed by atoms with van der Waals surface area (Å²) in [4.78, 5) is 27.4. The van der Waals surface area contributed by atoms with Gasteiger partial charge in [-0.15, -0.1) is 10.2 Å². The van der Waals surface area contributed by atoms with Crippen molar-refractivity contribution < 1.29 is 14.7 Å². The summed E-state index contributed by atoms with van der Waals surface area (Å²) < 4.78 is 0.456. The number of aromatic nitrogens is 3. The Balaban J connectivity index is 2.20. The first-order valence-electron chi connectivity index (χ1n) is 4.46. The molecule has 1 aliphatic heterocycles. The number of carbonyl (C=O) groups is 2. The summed E-state index contributed by atoms with van der Waals surface area (Å²) in [5.74, 6) is -1.84. The third kappa shape index (κ3) is 2.01. The van der Waals surface area contributed by atoms with Gasteiger partial charge in [0, 0.05) is 13.0 Å². The molecule has 0 spiro atoms. The van der Waals surface area contributed by atoms with Crippen LogP contribution >= 0.6 is 15.9 Å². The lowest BCUT2D eigenvalue weighted by Gasteiger charge is -2.11. The first kappa shape index (κ1) is 10.9. The van der Waals surface area contributed by atoms with Crippen LogP contribution in [-0.2, 0) is 9.59 Å². The molecule has 7 nitrogen and oxygen atoms in total. The number of nitrogens with zero attached hydrogens (tertiary/aromatic N) is 4. The highest BCUT2D eigenvalue weighted by molar-refractivity contribution is 9.10. The van der Waals surface area contributed by atoms with Crippen molar-refractivity contribution in [2.45, 2.75) is 6.42 Å². The fraction of sp³-hybridized carbons (Fsp3) is 0.375. The highest BCUT2D eigenvalue weighted by Gasteiger charge is 2.36. The predicted octanol–water partition coefficient (Wildman–Crippen LogP) is 0.0716. The minimum absolute atomic E-state index is 0.0191. The second-order valence-corrected chi connectivity index (χ2v) is 4.14. The van der Waals surface area contributed by atoms with E-state index in [9.17, 15) is 9.59 Å². The van der Waals surface area contributed by atoms with E-state index >= 15 is 0 Å². The van der Waals surface area contributed by atoms with Crippen LogP contribution in [0.15, 0.2) is 10.8 Å². The SMILES string of the molecule is O=C(O)C1CC(=O)N(c2ncc(Br)nn2)C1. The highest BCUT2D eigenvalue weighted by Crippen LogP contribution is 2.21. The van der Waals surface area contributed by atoms with Gasteiger partial charge < -0.3 is 5.11 Å². The van der Waals surface area contributed by atoms with Gasteiger partial charge in [0.25, 0.3) is 5.95 Å². The van der Waals surface area contributed by atoms with Crippen molar-refractivity contribution in [3.05, 3.63) is 10.8 Å². The molecule has 0 bridgehead atoms. The highest BCUT2D eigenvalue weighted by atomic mass is 79.9. The third-order valence-corrected chi connectivity index (χ3v) is 2.60. The number of anilines is 1. The average molecular weight is 287 g/mol. The number of amides is 1. The molecule has 1 unspecified atom stereocenters. The first-order valence-corrected chi connectivity index (χ1v) is 5.25. The predicted molar refractivity (Wildman–Crippen MR) is 55.6 cm³/mol. The van der Waals surface area contributed by atoms with Gasteiger partial charge in [-0.2, -0.15) is 0 Å². The smallest absolute Gasteiger partial charge is 0.308 e. The van der Waals surface area contributed by atoms with Gasteiger partial charge in [0.2, 0.25) is 5.91 Å². The molecule has 0 aliphatic carbocycles. The van der Waals surface area contributed by atoms with Gasteiger partial charge in [-0.25, -0.2) is 4.98 Å². The zero-order valence-corrected chi connectivity index (χ0v) is 9.59. The van der Waals surface area contributed by atoms with E-state index in [2.05, 4.69) is 31.1 Å². The topological polar surface area (TPSA) is 96.3 Å². The molecule has 1 aromatic rings. The zero-order chi connectivity index (χ0) is 11.7. The van der Waals surface area contributed by atoms with Crippen LogP contribution in [0.3, 0.4) is 0 Å². The molecule has 2 heterocycles. The van der Waals surface area contributed by atoms with E-state index in [4.69, 9.17) is 5.11 Å². The molecule has 1 atom stereocenters. The summed E-state index contributed by atoms with van der Waals surface area (Å²) >= 11 is 3.07. The summed E-state index contributed by atoms with van der Waals surface area (Å²) in [6.45, 7) is 0.0947.